The molecule has 1 N–H and O–H groups in total. The number of aromatic nitrogens is 1. The van der Waals surface area contributed by atoms with Gasteiger partial charge in [0.1, 0.15) is 5.82 Å². The largest absolute Gasteiger partial charge is 0.472 e. The van der Waals surface area contributed by atoms with E-state index in [1.807, 2.05) is 17.5 Å². The third-order valence-corrected chi connectivity index (χ3v) is 3.40. The number of hydrogen-bond acceptors (Lipinski definition) is 6. The van der Waals surface area contributed by atoms with E-state index in [4.69, 9.17) is 4.74 Å². The highest BCUT2D eigenvalue weighted by Gasteiger charge is 2.17. The van der Waals surface area contributed by atoms with Gasteiger partial charge in [-0.25, -0.2) is 0 Å². The molecule has 0 aromatic carbocycles. The molecule has 7 heteroatoms. The van der Waals surface area contributed by atoms with E-state index in [9.17, 15) is 10.1 Å². The average molecular weight is 279 g/mol. The van der Waals surface area contributed by atoms with Gasteiger partial charge in [0.15, 0.2) is 0 Å². The number of nitro groups is 1. The Kier molecular flexibility index (Phi) is 4.30. The summed E-state index contributed by atoms with van der Waals surface area (Å²) in [5.74, 6) is 0.588. The molecule has 2 heterocycles. The zero-order chi connectivity index (χ0) is 13.7. The predicted octanol–water partition coefficient (Wildman–Crippen LogP) is 2.71. The Morgan fingerprint density at radius 2 is 2.32 bits per heavy atom. The Morgan fingerprint density at radius 1 is 1.47 bits per heavy atom. The van der Waals surface area contributed by atoms with Crippen molar-refractivity contribution in [3.63, 3.8) is 0 Å². The van der Waals surface area contributed by atoms with Gasteiger partial charge in [0.25, 0.3) is 5.88 Å². The summed E-state index contributed by atoms with van der Waals surface area (Å²) in [6.45, 7) is 0.363. The monoisotopic (exact) mass is 279 g/mol. The molecular weight excluding hydrogens is 266 g/mol. The lowest BCUT2D eigenvalue weighted by atomic mass is 10.3. The molecule has 0 aliphatic carbocycles. The van der Waals surface area contributed by atoms with E-state index < -0.39 is 4.92 Å². The third kappa shape index (κ3) is 3.41. The summed E-state index contributed by atoms with van der Waals surface area (Å²) in [6.07, 6.45) is 0.709. The van der Waals surface area contributed by atoms with Crippen LogP contribution in [0.15, 0.2) is 29.6 Å². The van der Waals surface area contributed by atoms with Crippen LogP contribution in [-0.2, 0) is 6.42 Å². The minimum atomic E-state index is -0.493. The SMILES string of the molecule is CNc1ccc([N+](=O)[O-])c(OCCc2cccs2)n1. The summed E-state index contributed by atoms with van der Waals surface area (Å²) in [7, 11) is 1.70. The molecule has 0 saturated carbocycles. The van der Waals surface area contributed by atoms with Crippen molar-refractivity contribution in [2.24, 2.45) is 0 Å². The highest BCUT2D eigenvalue weighted by molar-refractivity contribution is 7.09. The number of thiophene rings is 1. The van der Waals surface area contributed by atoms with Crippen molar-refractivity contribution in [1.29, 1.82) is 0 Å². The fraction of sp³-hybridized carbons (Fsp3) is 0.250. The molecule has 0 bridgehead atoms. The Hall–Kier alpha value is -2.15. The molecule has 19 heavy (non-hydrogen) atoms. The summed E-state index contributed by atoms with van der Waals surface area (Å²) in [4.78, 5) is 15.6. The lowest BCUT2D eigenvalue weighted by molar-refractivity contribution is -0.386. The molecule has 0 saturated heterocycles. The van der Waals surface area contributed by atoms with E-state index in [1.165, 1.54) is 10.9 Å². The van der Waals surface area contributed by atoms with Gasteiger partial charge >= 0.3 is 5.69 Å². The fourth-order valence-electron chi connectivity index (χ4n) is 1.52. The van der Waals surface area contributed by atoms with E-state index in [2.05, 4.69) is 10.3 Å². The number of rotatable bonds is 6. The maximum absolute atomic E-state index is 10.9. The second-order valence-corrected chi connectivity index (χ2v) is 4.74. The minimum Gasteiger partial charge on any atom is -0.472 e. The van der Waals surface area contributed by atoms with Crippen molar-refractivity contribution in [2.45, 2.75) is 6.42 Å². The van der Waals surface area contributed by atoms with Gasteiger partial charge in [0, 0.05) is 24.4 Å². The van der Waals surface area contributed by atoms with E-state index in [1.54, 1.807) is 24.5 Å². The Morgan fingerprint density at radius 3 is 2.95 bits per heavy atom. The highest BCUT2D eigenvalue weighted by Crippen LogP contribution is 2.26. The molecule has 2 aromatic rings. The van der Waals surface area contributed by atoms with Crippen LogP contribution in [-0.4, -0.2) is 23.6 Å². The van der Waals surface area contributed by atoms with E-state index >= 15 is 0 Å². The van der Waals surface area contributed by atoms with Crippen LogP contribution < -0.4 is 10.1 Å². The van der Waals surface area contributed by atoms with Crippen LogP contribution in [0.3, 0.4) is 0 Å². The summed E-state index contributed by atoms with van der Waals surface area (Å²) in [6, 6.07) is 6.89. The van der Waals surface area contributed by atoms with Crippen LogP contribution in [0, 0.1) is 10.1 Å². The molecule has 0 atom stereocenters. The lowest BCUT2D eigenvalue weighted by Crippen LogP contribution is -2.05. The van der Waals surface area contributed by atoms with Gasteiger partial charge in [-0.05, 0) is 17.5 Å². The lowest BCUT2D eigenvalue weighted by Gasteiger charge is -2.06. The normalized spacial score (nSPS) is 10.2. The van der Waals surface area contributed by atoms with Crippen LogP contribution in [0.25, 0.3) is 0 Å². The first-order chi connectivity index (χ1) is 9.20. The van der Waals surface area contributed by atoms with Crippen molar-refractivity contribution < 1.29 is 9.66 Å². The number of nitrogens with zero attached hydrogens (tertiary/aromatic N) is 2. The van der Waals surface area contributed by atoms with Gasteiger partial charge in [-0.15, -0.1) is 11.3 Å². The zero-order valence-electron chi connectivity index (χ0n) is 10.3. The first kappa shape index (κ1) is 13.3. The van der Waals surface area contributed by atoms with Gasteiger partial charge in [0.05, 0.1) is 11.5 Å². The summed E-state index contributed by atoms with van der Waals surface area (Å²) < 4.78 is 5.43. The third-order valence-electron chi connectivity index (χ3n) is 2.46. The van der Waals surface area contributed by atoms with E-state index in [-0.39, 0.29) is 11.6 Å². The molecule has 0 aliphatic rings. The molecule has 0 radical (unpaired) electrons. The molecule has 0 spiro atoms. The molecule has 0 amide bonds. The standard InChI is InChI=1S/C12H13N3O3S/c1-13-11-5-4-10(15(16)17)12(14-11)18-7-6-9-3-2-8-19-9/h2-5,8H,6-7H2,1H3,(H,13,14). The Bertz CT molecular complexity index is 557. The van der Waals surface area contributed by atoms with Gasteiger partial charge in [-0.1, -0.05) is 6.07 Å². The maximum Gasteiger partial charge on any atom is 0.331 e. The van der Waals surface area contributed by atoms with Gasteiger partial charge < -0.3 is 10.1 Å². The molecule has 100 valence electrons. The molecule has 6 nitrogen and oxygen atoms in total. The quantitative estimate of drug-likeness (QED) is 0.649. The number of anilines is 1. The molecule has 0 unspecified atom stereocenters. The summed E-state index contributed by atoms with van der Waals surface area (Å²) in [5.41, 5.74) is -0.120. The molecule has 0 aliphatic heterocycles. The zero-order valence-corrected chi connectivity index (χ0v) is 11.1. The van der Waals surface area contributed by atoms with Crippen molar-refractivity contribution in [2.75, 3.05) is 19.0 Å². The highest BCUT2D eigenvalue weighted by atomic mass is 32.1. The fourth-order valence-corrected chi connectivity index (χ4v) is 2.21. The Labute approximate surface area is 114 Å². The van der Waals surface area contributed by atoms with Gasteiger partial charge in [-0.2, -0.15) is 4.98 Å². The number of ether oxygens (including phenoxy) is 1. The number of pyridine rings is 1. The van der Waals surface area contributed by atoms with Crippen LogP contribution in [0.2, 0.25) is 0 Å². The van der Waals surface area contributed by atoms with Crippen LogP contribution in [0.4, 0.5) is 11.5 Å². The first-order valence-electron chi connectivity index (χ1n) is 5.69. The average Bonchev–Trinajstić information content (AvgIpc) is 2.91. The van der Waals surface area contributed by atoms with Crippen molar-refractivity contribution >= 4 is 22.8 Å². The second-order valence-electron chi connectivity index (χ2n) is 3.71. The number of hydrogen-bond donors (Lipinski definition) is 1. The van der Waals surface area contributed by atoms with E-state index in [0.29, 0.717) is 18.8 Å². The smallest absolute Gasteiger partial charge is 0.331 e. The number of nitrogens with one attached hydrogen (secondary N) is 1. The topological polar surface area (TPSA) is 77.3 Å². The molecular formula is C12H13N3O3S. The van der Waals surface area contributed by atoms with Crippen molar-refractivity contribution in [3.8, 4) is 5.88 Å². The molecule has 2 rings (SSSR count). The minimum absolute atomic E-state index is 0.0495. The predicted molar refractivity (Wildman–Crippen MR) is 74.0 cm³/mol. The summed E-state index contributed by atoms with van der Waals surface area (Å²) >= 11 is 1.63. The Balaban J connectivity index is 2.06. The maximum atomic E-state index is 10.9. The molecule has 2 aromatic heterocycles. The van der Waals surface area contributed by atoms with Gasteiger partial charge in [0.2, 0.25) is 0 Å². The van der Waals surface area contributed by atoms with Crippen molar-refractivity contribution in [3.05, 3.63) is 44.6 Å². The van der Waals surface area contributed by atoms with Crippen LogP contribution in [0.1, 0.15) is 4.88 Å². The van der Waals surface area contributed by atoms with E-state index in [0.717, 1.165) is 0 Å². The second kappa shape index (κ2) is 6.14. The molecule has 0 fully saturated rings. The van der Waals surface area contributed by atoms with Crippen LogP contribution in [0.5, 0.6) is 5.88 Å². The summed E-state index contributed by atoms with van der Waals surface area (Å²) in [5, 5.41) is 15.7. The van der Waals surface area contributed by atoms with Crippen LogP contribution >= 0.6 is 11.3 Å². The van der Waals surface area contributed by atoms with Gasteiger partial charge in [-0.3, -0.25) is 10.1 Å². The van der Waals surface area contributed by atoms with Crippen molar-refractivity contribution in [1.82, 2.24) is 4.98 Å². The first-order valence-corrected chi connectivity index (χ1v) is 6.57.